The molecule has 1 N–H and O–H groups in total. The molecule has 2 nitrogen and oxygen atoms in total. The third-order valence-electron chi connectivity index (χ3n) is 3.57. The fraction of sp³-hybridized carbons (Fsp3) is 0.368. The molecule has 0 aromatic heterocycles. The third kappa shape index (κ3) is 5.24. The summed E-state index contributed by atoms with van der Waals surface area (Å²) in [5.74, 6) is 0.971. The lowest BCUT2D eigenvalue weighted by Crippen LogP contribution is -2.13. The molecule has 0 unspecified atom stereocenters. The van der Waals surface area contributed by atoms with Gasteiger partial charge in [0.1, 0.15) is 5.75 Å². The fourth-order valence-electron chi connectivity index (χ4n) is 2.23. The molecule has 0 heterocycles. The number of hydrogen-bond donors (Lipinski definition) is 1. The number of nitrogens with one attached hydrogen (secondary N) is 1. The summed E-state index contributed by atoms with van der Waals surface area (Å²) < 4.78 is 5.74. The van der Waals surface area contributed by atoms with Crippen molar-refractivity contribution in [3.63, 3.8) is 0 Å². The SMILES string of the molecule is CCCCOc1cccc(CNCc2ccccc2C)c1. The monoisotopic (exact) mass is 283 g/mol. The van der Waals surface area contributed by atoms with Crippen molar-refractivity contribution in [1.82, 2.24) is 5.32 Å². The molecule has 2 aromatic rings. The van der Waals surface area contributed by atoms with E-state index in [1.165, 1.54) is 16.7 Å². The quantitative estimate of drug-likeness (QED) is 0.722. The molecule has 0 saturated carbocycles. The first-order chi connectivity index (χ1) is 10.3. The molecule has 0 aliphatic rings. The summed E-state index contributed by atoms with van der Waals surface area (Å²) in [4.78, 5) is 0. The van der Waals surface area contributed by atoms with Crippen molar-refractivity contribution in [3.8, 4) is 5.75 Å². The summed E-state index contributed by atoms with van der Waals surface area (Å²) in [6.45, 7) is 6.89. The Labute approximate surface area is 128 Å². The Morgan fingerprint density at radius 1 is 1.00 bits per heavy atom. The van der Waals surface area contributed by atoms with Gasteiger partial charge in [-0.3, -0.25) is 0 Å². The largest absolute Gasteiger partial charge is 0.494 e. The second-order valence-electron chi connectivity index (χ2n) is 5.38. The van der Waals surface area contributed by atoms with E-state index in [4.69, 9.17) is 4.74 Å². The van der Waals surface area contributed by atoms with Crippen LogP contribution in [-0.2, 0) is 13.1 Å². The molecular formula is C19H25NO. The summed E-state index contributed by atoms with van der Waals surface area (Å²) in [6.07, 6.45) is 2.27. The van der Waals surface area contributed by atoms with Crippen molar-refractivity contribution in [2.75, 3.05) is 6.61 Å². The highest BCUT2D eigenvalue weighted by molar-refractivity contribution is 5.29. The number of rotatable bonds is 8. The maximum Gasteiger partial charge on any atom is 0.119 e. The van der Waals surface area contributed by atoms with Crippen molar-refractivity contribution < 1.29 is 4.74 Å². The van der Waals surface area contributed by atoms with Crippen molar-refractivity contribution in [2.24, 2.45) is 0 Å². The minimum absolute atomic E-state index is 0.802. The van der Waals surface area contributed by atoms with E-state index in [0.29, 0.717) is 0 Å². The van der Waals surface area contributed by atoms with Gasteiger partial charge in [-0.05, 0) is 42.2 Å². The first kappa shape index (κ1) is 15.6. The molecule has 0 aliphatic carbocycles. The second-order valence-corrected chi connectivity index (χ2v) is 5.38. The molecule has 0 atom stereocenters. The first-order valence-electron chi connectivity index (χ1n) is 7.76. The minimum Gasteiger partial charge on any atom is -0.494 e. The lowest BCUT2D eigenvalue weighted by atomic mass is 10.1. The number of unbranched alkanes of at least 4 members (excludes halogenated alkanes) is 1. The van der Waals surface area contributed by atoms with E-state index >= 15 is 0 Å². The predicted molar refractivity (Wildman–Crippen MR) is 88.6 cm³/mol. The van der Waals surface area contributed by atoms with E-state index in [-0.39, 0.29) is 0 Å². The van der Waals surface area contributed by atoms with Gasteiger partial charge in [-0.2, -0.15) is 0 Å². The van der Waals surface area contributed by atoms with Crippen molar-refractivity contribution in [2.45, 2.75) is 39.8 Å². The molecule has 2 heteroatoms. The van der Waals surface area contributed by atoms with Crippen molar-refractivity contribution >= 4 is 0 Å². The highest BCUT2D eigenvalue weighted by atomic mass is 16.5. The Balaban J connectivity index is 1.83. The van der Waals surface area contributed by atoms with Gasteiger partial charge in [-0.1, -0.05) is 49.7 Å². The van der Waals surface area contributed by atoms with Gasteiger partial charge in [0.2, 0.25) is 0 Å². The smallest absolute Gasteiger partial charge is 0.119 e. The summed E-state index contributed by atoms with van der Waals surface area (Å²) in [6, 6.07) is 16.8. The van der Waals surface area contributed by atoms with Crippen LogP contribution in [0, 0.1) is 6.92 Å². The average molecular weight is 283 g/mol. The van der Waals surface area contributed by atoms with E-state index < -0.39 is 0 Å². The molecular weight excluding hydrogens is 258 g/mol. The number of ether oxygens (including phenoxy) is 1. The minimum atomic E-state index is 0.802. The standard InChI is InChI=1S/C19H25NO/c1-3-4-12-21-19-11-7-9-17(13-19)14-20-15-18-10-6-5-8-16(18)2/h5-11,13,20H,3-4,12,14-15H2,1-2H3. The van der Waals surface area contributed by atoms with Gasteiger partial charge >= 0.3 is 0 Å². The molecule has 0 bridgehead atoms. The maximum atomic E-state index is 5.74. The Morgan fingerprint density at radius 2 is 1.86 bits per heavy atom. The zero-order valence-corrected chi connectivity index (χ0v) is 13.1. The van der Waals surface area contributed by atoms with Crippen LogP contribution in [0.5, 0.6) is 5.75 Å². The van der Waals surface area contributed by atoms with E-state index in [2.05, 4.69) is 61.6 Å². The van der Waals surface area contributed by atoms with Crippen LogP contribution in [-0.4, -0.2) is 6.61 Å². The Hall–Kier alpha value is -1.80. The van der Waals surface area contributed by atoms with Gasteiger partial charge in [0.25, 0.3) is 0 Å². The zero-order chi connectivity index (χ0) is 14.9. The van der Waals surface area contributed by atoms with E-state index in [0.717, 1.165) is 38.3 Å². The molecule has 2 rings (SSSR count). The van der Waals surface area contributed by atoms with Gasteiger partial charge in [-0.15, -0.1) is 0 Å². The first-order valence-corrected chi connectivity index (χ1v) is 7.76. The molecule has 0 aliphatic heterocycles. The van der Waals surface area contributed by atoms with E-state index in [9.17, 15) is 0 Å². The van der Waals surface area contributed by atoms with Crippen LogP contribution >= 0.6 is 0 Å². The average Bonchev–Trinajstić information content (AvgIpc) is 2.50. The molecule has 21 heavy (non-hydrogen) atoms. The summed E-state index contributed by atoms with van der Waals surface area (Å²) in [5, 5.41) is 3.50. The van der Waals surface area contributed by atoms with Crippen LogP contribution in [0.2, 0.25) is 0 Å². The van der Waals surface area contributed by atoms with Crippen LogP contribution in [0.15, 0.2) is 48.5 Å². The van der Waals surface area contributed by atoms with E-state index in [1.54, 1.807) is 0 Å². The maximum absolute atomic E-state index is 5.74. The lowest BCUT2D eigenvalue weighted by Gasteiger charge is -2.10. The number of benzene rings is 2. The van der Waals surface area contributed by atoms with Gasteiger partial charge in [0.05, 0.1) is 6.61 Å². The van der Waals surface area contributed by atoms with Crippen LogP contribution in [0.25, 0.3) is 0 Å². The molecule has 0 spiro atoms. The highest BCUT2D eigenvalue weighted by Crippen LogP contribution is 2.14. The molecule has 0 saturated heterocycles. The van der Waals surface area contributed by atoms with Crippen LogP contribution in [0.3, 0.4) is 0 Å². The van der Waals surface area contributed by atoms with Gasteiger partial charge in [-0.25, -0.2) is 0 Å². The van der Waals surface area contributed by atoms with Gasteiger partial charge < -0.3 is 10.1 Å². The molecule has 0 fully saturated rings. The Kier molecular flexibility index (Phi) is 6.29. The number of hydrogen-bond acceptors (Lipinski definition) is 2. The topological polar surface area (TPSA) is 21.3 Å². The predicted octanol–water partition coefficient (Wildman–Crippen LogP) is 4.46. The zero-order valence-electron chi connectivity index (χ0n) is 13.1. The van der Waals surface area contributed by atoms with Gasteiger partial charge in [0, 0.05) is 13.1 Å². The normalized spacial score (nSPS) is 10.6. The fourth-order valence-corrected chi connectivity index (χ4v) is 2.23. The van der Waals surface area contributed by atoms with Gasteiger partial charge in [0.15, 0.2) is 0 Å². The van der Waals surface area contributed by atoms with Crippen LogP contribution in [0.1, 0.15) is 36.5 Å². The van der Waals surface area contributed by atoms with Crippen molar-refractivity contribution in [3.05, 3.63) is 65.2 Å². The third-order valence-corrected chi connectivity index (χ3v) is 3.57. The van der Waals surface area contributed by atoms with E-state index in [1.807, 2.05) is 6.07 Å². The molecule has 0 amide bonds. The lowest BCUT2D eigenvalue weighted by molar-refractivity contribution is 0.309. The molecule has 112 valence electrons. The number of aryl methyl sites for hydroxylation is 1. The summed E-state index contributed by atoms with van der Waals surface area (Å²) in [7, 11) is 0. The second kappa shape index (κ2) is 8.48. The van der Waals surface area contributed by atoms with Crippen LogP contribution < -0.4 is 10.1 Å². The van der Waals surface area contributed by atoms with Crippen LogP contribution in [0.4, 0.5) is 0 Å². The summed E-state index contributed by atoms with van der Waals surface area (Å²) in [5.41, 5.74) is 3.95. The summed E-state index contributed by atoms with van der Waals surface area (Å²) >= 11 is 0. The van der Waals surface area contributed by atoms with Crippen molar-refractivity contribution in [1.29, 1.82) is 0 Å². The molecule has 0 radical (unpaired) electrons. The molecule has 2 aromatic carbocycles. The Morgan fingerprint density at radius 3 is 2.67 bits per heavy atom. The Bertz CT molecular complexity index is 551. The highest BCUT2D eigenvalue weighted by Gasteiger charge is 1.99.